The number of ether oxygens (including phenoxy) is 1. The molecule has 0 atom stereocenters. The lowest BCUT2D eigenvalue weighted by Crippen LogP contribution is -2.34. The van der Waals surface area contributed by atoms with Crippen LogP contribution >= 0.6 is 0 Å². The van der Waals surface area contributed by atoms with Crippen molar-refractivity contribution in [2.45, 2.75) is 60.0 Å². The Morgan fingerprint density at radius 2 is 1.64 bits per heavy atom. The Morgan fingerprint density at radius 1 is 1.14 bits per heavy atom. The van der Waals surface area contributed by atoms with Crippen LogP contribution in [0.15, 0.2) is 0 Å². The largest absolute Gasteiger partial charge is 0.361 e. The van der Waals surface area contributed by atoms with Crippen molar-refractivity contribution >= 4 is 0 Å². The zero-order chi connectivity index (χ0) is 11.4. The van der Waals surface area contributed by atoms with Gasteiger partial charge in [0.05, 0.1) is 12.3 Å². The molecule has 86 valence electrons. The summed E-state index contributed by atoms with van der Waals surface area (Å²) in [5.74, 6) is 0.735. The van der Waals surface area contributed by atoms with Crippen molar-refractivity contribution in [2.24, 2.45) is 17.1 Å². The quantitative estimate of drug-likeness (QED) is 0.670. The third kappa shape index (κ3) is 6.39. The number of hydrogen-bond acceptors (Lipinski definition) is 2. The van der Waals surface area contributed by atoms with Crippen molar-refractivity contribution in [3.8, 4) is 0 Å². The first-order chi connectivity index (χ1) is 6.18. The molecule has 0 heterocycles. The van der Waals surface area contributed by atoms with Crippen LogP contribution in [-0.2, 0) is 4.74 Å². The minimum Gasteiger partial charge on any atom is -0.361 e. The van der Waals surface area contributed by atoms with Gasteiger partial charge < -0.3 is 10.5 Å². The van der Waals surface area contributed by atoms with Gasteiger partial charge in [0.2, 0.25) is 0 Å². The second-order valence-corrected chi connectivity index (χ2v) is 6.01. The molecular weight excluding hydrogens is 174 g/mol. The normalized spacial score (nSPS) is 13.7. The highest BCUT2D eigenvalue weighted by atomic mass is 16.5. The monoisotopic (exact) mass is 201 g/mol. The topological polar surface area (TPSA) is 35.2 Å². The molecule has 0 fully saturated rings. The summed E-state index contributed by atoms with van der Waals surface area (Å²) in [6.45, 7) is 13.7. The maximum Gasteiger partial charge on any atom is 0.0947 e. The number of hydrogen-bond donors (Lipinski definition) is 1. The van der Waals surface area contributed by atoms with Gasteiger partial charge in [0.15, 0.2) is 0 Å². The van der Waals surface area contributed by atoms with E-state index in [4.69, 9.17) is 10.5 Å². The van der Waals surface area contributed by atoms with E-state index in [1.807, 2.05) is 0 Å². The average molecular weight is 201 g/mol. The molecule has 2 nitrogen and oxygen atoms in total. The lowest BCUT2D eigenvalue weighted by molar-refractivity contribution is -0.0459. The fourth-order valence-electron chi connectivity index (χ4n) is 2.61. The van der Waals surface area contributed by atoms with E-state index in [1.165, 1.54) is 6.42 Å². The Hall–Kier alpha value is -0.0800. The molecule has 0 aliphatic heterocycles. The summed E-state index contributed by atoms with van der Waals surface area (Å²) in [6.07, 6.45) is 2.28. The smallest absolute Gasteiger partial charge is 0.0947 e. The Labute approximate surface area is 89.2 Å². The van der Waals surface area contributed by atoms with E-state index < -0.39 is 0 Å². The van der Waals surface area contributed by atoms with Gasteiger partial charge in [0.1, 0.15) is 0 Å². The van der Waals surface area contributed by atoms with E-state index >= 15 is 0 Å². The maximum atomic E-state index is 5.52. The van der Waals surface area contributed by atoms with Gasteiger partial charge in [-0.2, -0.15) is 0 Å². The van der Waals surface area contributed by atoms with Gasteiger partial charge in [0, 0.05) is 0 Å². The molecule has 0 aromatic heterocycles. The van der Waals surface area contributed by atoms with E-state index in [0.717, 1.165) is 12.3 Å². The third-order valence-electron chi connectivity index (χ3n) is 2.34. The molecule has 0 spiro atoms. The van der Waals surface area contributed by atoms with Crippen LogP contribution in [-0.4, -0.2) is 12.3 Å². The molecule has 0 bridgehead atoms. The zero-order valence-electron chi connectivity index (χ0n) is 10.7. The van der Waals surface area contributed by atoms with Crippen molar-refractivity contribution in [2.75, 3.05) is 6.73 Å². The Kier molecular flexibility index (Phi) is 5.10. The van der Waals surface area contributed by atoms with E-state index in [9.17, 15) is 0 Å². The second kappa shape index (κ2) is 5.13. The highest BCUT2D eigenvalue weighted by Crippen LogP contribution is 2.35. The Morgan fingerprint density at radius 3 is 2.00 bits per heavy atom. The molecule has 0 aromatic carbocycles. The molecule has 2 heteroatoms. The molecular formula is C12H27NO. The van der Waals surface area contributed by atoms with E-state index in [0.29, 0.717) is 12.1 Å². The SMILES string of the molecule is CC(C)CC(C)(C)CC(C)(C)OCN. The van der Waals surface area contributed by atoms with Gasteiger partial charge in [-0.15, -0.1) is 0 Å². The van der Waals surface area contributed by atoms with Crippen LogP contribution in [0.3, 0.4) is 0 Å². The number of nitrogens with two attached hydrogens (primary N) is 1. The predicted molar refractivity (Wildman–Crippen MR) is 62.1 cm³/mol. The Balaban J connectivity index is 4.19. The molecule has 0 aromatic rings. The van der Waals surface area contributed by atoms with Crippen LogP contribution < -0.4 is 5.73 Å². The van der Waals surface area contributed by atoms with Crippen LogP contribution in [0.2, 0.25) is 0 Å². The maximum absolute atomic E-state index is 5.52. The molecule has 2 N–H and O–H groups in total. The van der Waals surface area contributed by atoms with Gasteiger partial charge in [-0.1, -0.05) is 27.7 Å². The molecule has 0 amide bonds. The van der Waals surface area contributed by atoms with Crippen LogP contribution in [0.4, 0.5) is 0 Å². The van der Waals surface area contributed by atoms with Gasteiger partial charge >= 0.3 is 0 Å². The summed E-state index contributed by atoms with van der Waals surface area (Å²) in [5.41, 5.74) is 5.63. The summed E-state index contributed by atoms with van der Waals surface area (Å²) in [5, 5.41) is 0. The zero-order valence-corrected chi connectivity index (χ0v) is 10.7. The van der Waals surface area contributed by atoms with Crippen molar-refractivity contribution in [1.29, 1.82) is 0 Å². The minimum atomic E-state index is -0.104. The summed E-state index contributed by atoms with van der Waals surface area (Å²) in [7, 11) is 0. The molecule has 0 rings (SSSR count). The summed E-state index contributed by atoms with van der Waals surface area (Å²) in [6, 6.07) is 0. The van der Waals surface area contributed by atoms with Crippen LogP contribution in [0.1, 0.15) is 54.4 Å². The molecule has 0 aliphatic rings. The van der Waals surface area contributed by atoms with Crippen molar-refractivity contribution in [3.05, 3.63) is 0 Å². The molecule has 0 saturated heterocycles. The lowest BCUT2D eigenvalue weighted by atomic mass is 9.76. The van der Waals surface area contributed by atoms with Gasteiger partial charge in [-0.3, -0.25) is 0 Å². The van der Waals surface area contributed by atoms with Gasteiger partial charge in [0.25, 0.3) is 0 Å². The van der Waals surface area contributed by atoms with Crippen molar-refractivity contribution < 1.29 is 4.74 Å². The van der Waals surface area contributed by atoms with Crippen molar-refractivity contribution in [1.82, 2.24) is 0 Å². The highest BCUT2D eigenvalue weighted by Gasteiger charge is 2.29. The number of rotatable bonds is 6. The van der Waals surface area contributed by atoms with Crippen LogP contribution in [0, 0.1) is 11.3 Å². The predicted octanol–water partition coefficient (Wildman–Crippen LogP) is 3.16. The van der Waals surface area contributed by atoms with E-state index in [1.54, 1.807) is 0 Å². The van der Waals surface area contributed by atoms with Crippen LogP contribution in [0.25, 0.3) is 0 Å². The highest BCUT2D eigenvalue weighted by molar-refractivity contribution is 4.80. The average Bonchev–Trinajstić information content (AvgIpc) is 1.78. The fraction of sp³-hybridized carbons (Fsp3) is 1.00. The third-order valence-corrected chi connectivity index (χ3v) is 2.34. The first kappa shape index (κ1) is 13.9. The van der Waals surface area contributed by atoms with Crippen molar-refractivity contribution in [3.63, 3.8) is 0 Å². The van der Waals surface area contributed by atoms with Gasteiger partial charge in [-0.05, 0) is 38.0 Å². The Bertz CT molecular complexity index is 162. The molecule has 0 unspecified atom stereocenters. The summed E-state index contributed by atoms with van der Waals surface area (Å²) in [4.78, 5) is 0. The first-order valence-electron chi connectivity index (χ1n) is 5.52. The first-order valence-corrected chi connectivity index (χ1v) is 5.52. The summed E-state index contributed by atoms with van der Waals surface area (Å²) >= 11 is 0. The van der Waals surface area contributed by atoms with E-state index in [-0.39, 0.29) is 5.60 Å². The minimum absolute atomic E-state index is 0.104. The summed E-state index contributed by atoms with van der Waals surface area (Å²) < 4.78 is 5.52. The molecule has 14 heavy (non-hydrogen) atoms. The fourth-order valence-corrected chi connectivity index (χ4v) is 2.61. The molecule has 0 radical (unpaired) electrons. The second-order valence-electron chi connectivity index (χ2n) is 6.01. The van der Waals surface area contributed by atoms with Gasteiger partial charge in [-0.25, -0.2) is 0 Å². The van der Waals surface area contributed by atoms with E-state index in [2.05, 4.69) is 41.5 Å². The molecule has 0 saturated carbocycles. The standard InChI is InChI=1S/C12H27NO/c1-10(2)7-11(3,4)8-12(5,6)14-9-13/h10H,7-9,13H2,1-6H3. The molecule has 0 aliphatic carbocycles. The lowest BCUT2D eigenvalue weighted by Gasteiger charge is -2.35. The van der Waals surface area contributed by atoms with Crippen LogP contribution in [0.5, 0.6) is 0 Å².